The van der Waals surface area contributed by atoms with Crippen LogP contribution in [0.15, 0.2) is 12.1 Å². The summed E-state index contributed by atoms with van der Waals surface area (Å²) in [5, 5.41) is 0.784. The van der Waals surface area contributed by atoms with Gasteiger partial charge in [0.25, 0.3) is 0 Å². The number of ether oxygens (including phenoxy) is 2. The lowest BCUT2D eigenvalue weighted by atomic mass is 9.78. The van der Waals surface area contributed by atoms with E-state index in [0.29, 0.717) is 6.10 Å². The van der Waals surface area contributed by atoms with E-state index in [9.17, 15) is 0 Å². The fraction of sp³-hybridized carbons (Fsp3) is 0.600. The van der Waals surface area contributed by atoms with Gasteiger partial charge in [0.05, 0.1) is 18.8 Å². The molecule has 3 nitrogen and oxygen atoms in total. The summed E-state index contributed by atoms with van der Waals surface area (Å²) in [7, 11) is 0. The summed E-state index contributed by atoms with van der Waals surface area (Å²) in [6.45, 7) is 0.753. The van der Waals surface area contributed by atoms with Crippen LogP contribution in [0.1, 0.15) is 30.4 Å². The van der Waals surface area contributed by atoms with Crippen LogP contribution in [-0.2, 0) is 17.6 Å². The minimum Gasteiger partial charge on any atom is -0.493 e. The highest BCUT2D eigenvalue weighted by molar-refractivity contribution is 6.30. The van der Waals surface area contributed by atoms with Crippen LogP contribution in [0.5, 0.6) is 5.75 Å². The predicted molar refractivity (Wildman–Crippen MR) is 73.8 cm³/mol. The number of rotatable bonds is 2. The molecular formula is C15H18ClNO2. The highest BCUT2D eigenvalue weighted by Gasteiger charge is 2.50. The number of hydrogen-bond donors (Lipinski definition) is 1. The fourth-order valence-corrected chi connectivity index (χ4v) is 4.12. The highest BCUT2D eigenvalue weighted by Crippen LogP contribution is 2.44. The molecule has 0 saturated carbocycles. The van der Waals surface area contributed by atoms with Crippen LogP contribution in [0.4, 0.5) is 0 Å². The van der Waals surface area contributed by atoms with E-state index in [1.165, 1.54) is 5.56 Å². The van der Waals surface area contributed by atoms with Gasteiger partial charge in [-0.1, -0.05) is 11.6 Å². The Kier molecular flexibility index (Phi) is 2.60. The van der Waals surface area contributed by atoms with Crippen molar-refractivity contribution in [2.24, 2.45) is 5.73 Å². The van der Waals surface area contributed by atoms with Gasteiger partial charge in [-0.25, -0.2) is 0 Å². The summed E-state index contributed by atoms with van der Waals surface area (Å²) in [5.41, 5.74) is 8.72. The average Bonchev–Trinajstić information content (AvgIpc) is 3.01. The van der Waals surface area contributed by atoms with Gasteiger partial charge in [-0.2, -0.15) is 0 Å². The molecule has 3 atom stereocenters. The van der Waals surface area contributed by atoms with Gasteiger partial charge in [0, 0.05) is 17.0 Å². The third-order valence-electron chi connectivity index (χ3n) is 4.70. The average molecular weight is 280 g/mol. The molecule has 2 N–H and O–H groups in total. The molecule has 3 aliphatic rings. The molecule has 2 fully saturated rings. The Hall–Kier alpha value is -0.770. The molecular weight excluding hydrogens is 262 g/mol. The topological polar surface area (TPSA) is 44.5 Å². The smallest absolute Gasteiger partial charge is 0.125 e. The number of fused-ring (bicyclic) bond motifs is 3. The molecule has 4 heteroatoms. The second-order valence-corrected chi connectivity index (χ2v) is 6.53. The summed E-state index contributed by atoms with van der Waals surface area (Å²) in [5.74, 6) is 1.01. The summed E-state index contributed by atoms with van der Waals surface area (Å²) in [4.78, 5) is 0. The van der Waals surface area contributed by atoms with Crippen molar-refractivity contribution in [2.75, 3.05) is 6.61 Å². The minimum absolute atomic E-state index is 0.202. The number of benzene rings is 1. The monoisotopic (exact) mass is 279 g/mol. The van der Waals surface area contributed by atoms with E-state index in [4.69, 9.17) is 26.8 Å². The van der Waals surface area contributed by atoms with E-state index in [1.807, 2.05) is 12.1 Å². The first-order chi connectivity index (χ1) is 9.14. The summed E-state index contributed by atoms with van der Waals surface area (Å²) >= 11 is 6.21. The number of hydrogen-bond acceptors (Lipinski definition) is 3. The maximum absolute atomic E-state index is 6.60. The lowest BCUT2D eigenvalue weighted by Crippen LogP contribution is -2.50. The number of halogens is 1. The molecule has 4 rings (SSSR count). The van der Waals surface area contributed by atoms with Gasteiger partial charge in [0.2, 0.25) is 0 Å². The van der Waals surface area contributed by atoms with Crippen LogP contribution in [0.3, 0.4) is 0 Å². The van der Waals surface area contributed by atoms with E-state index >= 15 is 0 Å². The third-order valence-corrected chi connectivity index (χ3v) is 4.92. The van der Waals surface area contributed by atoms with E-state index < -0.39 is 0 Å². The van der Waals surface area contributed by atoms with Crippen molar-refractivity contribution in [1.82, 2.24) is 0 Å². The van der Waals surface area contributed by atoms with Crippen molar-refractivity contribution in [3.05, 3.63) is 28.3 Å². The van der Waals surface area contributed by atoms with Crippen molar-refractivity contribution in [2.45, 2.75) is 49.9 Å². The lowest BCUT2D eigenvalue weighted by Gasteiger charge is -2.31. The third kappa shape index (κ3) is 1.87. The molecule has 3 aliphatic heterocycles. The Morgan fingerprint density at radius 3 is 3.00 bits per heavy atom. The van der Waals surface area contributed by atoms with Gasteiger partial charge < -0.3 is 15.2 Å². The molecule has 0 aromatic heterocycles. The molecule has 19 heavy (non-hydrogen) atoms. The van der Waals surface area contributed by atoms with E-state index in [0.717, 1.165) is 55.0 Å². The van der Waals surface area contributed by atoms with Crippen LogP contribution in [0.25, 0.3) is 0 Å². The summed E-state index contributed by atoms with van der Waals surface area (Å²) in [6, 6.07) is 4.01. The Bertz CT molecular complexity index is 533. The molecule has 1 aromatic rings. The molecule has 102 valence electrons. The maximum atomic E-state index is 6.60. The summed E-state index contributed by atoms with van der Waals surface area (Å²) in [6.07, 6.45) is 5.52. The summed E-state index contributed by atoms with van der Waals surface area (Å²) < 4.78 is 11.7. The number of nitrogens with two attached hydrogens (primary N) is 1. The molecule has 0 aliphatic carbocycles. The molecule has 0 amide bonds. The van der Waals surface area contributed by atoms with Crippen LogP contribution < -0.4 is 10.5 Å². The van der Waals surface area contributed by atoms with Gasteiger partial charge in [-0.05, 0) is 48.9 Å². The quantitative estimate of drug-likeness (QED) is 0.904. The van der Waals surface area contributed by atoms with E-state index in [2.05, 4.69) is 0 Å². The maximum Gasteiger partial charge on any atom is 0.125 e. The van der Waals surface area contributed by atoms with Crippen molar-refractivity contribution in [3.8, 4) is 5.75 Å². The molecule has 1 aromatic carbocycles. The van der Waals surface area contributed by atoms with Gasteiger partial charge >= 0.3 is 0 Å². The highest BCUT2D eigenvalue weighted by atomic mass is 35.5. The van der Waals surface area contributed by atoms with Crippen molar-refractivity contribution in [3.63, 3.8) is 0 Å². The van der Waals surface area contributed by atoms with Crippen LogP contribution in [-0.4, -0.2) is 24.4 Å². The van der Waals surface area contributed by atoms with Crippen LogP contribution in [0.2, 0.25) is 5.02 Å². The van der Waals surface area contributed by atoms with Crippen LogP contribution >= 0.6 is 11.6 Å². The first-order valence-corrected chi connectivity index (χ1v) is 7.40. The largest absolute Gasteiger partial charge is 0.493 e. The van der Waals surface area contributed by atoms with Gasteiger partial charge in [0.1, 0.15) is 5.75 Å². The van der Waals surface area contributed by atoms with Gasteiger partial charge in [-0.15, -0.1) is 0 Å². The zero-order valence-corrected chi connectivity index (χ0v) is 11.6. The first kappa shape index (κ1) is 12.0. The van der Waals surface area contributed by atoms with Gasteiger partial charge in [-0.3, -0.25) is 0 Å². The first-order valence-electron chi connectivity index (χ1n) is 7.02. The van der Waals surface area contributed by atoms with Crippen LogP contribution in [0, 0.1) is 0 Å². The molecule has 3 unspecified atom stereocenters. The second kappa shape index (κ2) is 4.11. The lowest BCUT2D eigenvalue weighted by molar-refractivity contribution is 0.0855. The molecule has 0 spiro atoms. The zero-order valence-electron chi connectivity index (χ0n) is 10.8. The molecule has 3 heterocycles. The Labute approximate surface area is 118 Å². The second-order valence-electron chi connectivity index (χ2n) is 6.09. The minimum atomic E-state index is -0.243. The Morgan fingerprint density at radius 1 is 1.37 bits per heavy atom. The Morgan fingerprint density at radius 2 is 2.26 bits per heavy atom. The van der Waals surface area contributed by atoms with Crippen molar-refractivity contribution >= 4 is 11.6 Å². The fourth-order valence-electron chi connectivity index (χ4n) is 3.85. The van der Waals surface area contributed by atoms with E-state index in [1.54, 1.807) is 0 Å². The molecule has 0 radical (unpaired) electrons. The Balaban J connectivity index is 1.67. The molecule has 2 saturated heterocycles. The molecule has 2 bridgehead atoms. The normalized spacial score (nSPS) is 35.5. The SMILES string of the molecule is NC1(Cc2cc(Cl)cc3c2OCC3)CC2CCC1O2. The van der Waals surface area contributed by atoms with Gasteiger partial charge in [0.15, 0.2) is 0 Å². The predicted octanol–water partition coefficient (Wildman–Crippen LogP) is 2.47. The zero-order chi connectivity index (χ0) is 13.0. The van der Waals surface area contributed by atoms with Crippen molar-refractivity contribution in [1.29, 1.82) is 0 Å². The standard InChI is InChI=1S/C15H18ClNO2/c16-11-5-9-3-4-18-14(9)10(6-11)7-15(17)8-12-1-2-13(15)19-12/h5-6,12-13H,1-4,7-8,17H2. The van der Waals surface area contributed by atoms with E-state index in [-0.39, 0.29) is 11.6 Å². The van der Waals surface area contributed by atoms with Crippen molar-refractivity contribution < 1.29 is 9.47 Å².